The van der Waals surface area contributed by atoms with Crippen molar-refractivity contribution in [1.29, 1.82) is 0 Å². The van der Waals surface area contributed by atoms with E-state index in [1.807, 2.05) is 0 Å². The summed E-state index contributed by atoms with van der Waals surface area (Å²) in [7, 11) is 1.50. The largest absolute Gasteiger partial charge is 0.496 e. The third-order valence-corrected chi connectivity index (χ3v) is 2.51. The van der Waals surface area contributed by atoms with Crippen LogP contribution in [0.5, 0.6) is 5.75 Å². The molecule has 7 heteroatoms. The zero-order valence-corrected chi connectivity index (χ0v) is 11.1. The number of carbonyl (C=O) groups is 1. The van der Waals surface area contributed by atoms with Gasteiger partial charge in [-0.05, 0) is 30.3 Å². The second-order valence-electron chi connectivity index (χ2n) is 3.49. The average molecular weight is 283 g/mol. The first kappa shape index (κ1) is 13.4. The molecule has 1 aromatic heterocycles. The first-order valence-electron chi connectivity index (χ1n) is 5.50. The molecule has 0 fully saturated rings. The Morgan fingerprint density at radius 1 is 1.47 bits per heavy atom. The zero-order chi connectivity index (χ0) is 13.8. The van der Waals surface area contributed by atoms with Gasteiger partial charge in [-0.25, -0.2) is 4.79 Å². The molecule has 0 N–H and O–H groups in total. The van der Waals surface area contributed by atoms with E-state index in [1.165, 1.54) is 7.11 Å². The molecular weight excluding hydrogens is 272 g/mol. The van der Waals surface area contributed by atoms with E-state index in [2.05, 4.69) is 10.1 Å². The fourth-order valence-electron chi connectivity index (χ4n) is 1.45. The Hall–Kier alpha value is -2.08. The van der Waals surface area contributed by atoms with Crippen molar-refractivity contribution in [3.8, 4) is 17.2 Å². The number of hydrogen-bond donors (Lipinski definition) is 0. The van der Waals surface area contributed by atoms with Crippen molar-refractivity contribution in [3.05, 3.63) is 29.0 Å². The van der Waals surface area contributed by atoms with Crippen LogP contribution in [-0.2, 0) is 4.74 Å². The predicted molar refractivity (Wildman–Crippen MR) is 67.3 cm³/mol. The maximum Gasteiger partial charge on any atom is 0.379 e. The molecule has 0 atom stereocenters. The van der Waals surface area contributed by atoms with E-state index in [4.69, 9.17) is 25.6 Å². The number of esters is 1. The fraction of sp³-hybridized carbons (Fsp3) is 0.250. The van der Waals surface area contributed by atoms with Gasteiger partial charge in [0.1, 0.15) is 5.75 Å². The number of halogens is 1. The van der Waals surface area contributed by atoms with Crippen LogP contribution in [0.3, 0.4) is 0 Å². The summed E-state index contributed by atoms with van der Waals surface area (Å²) < 4.78 is 15.0. The molecule has 0 saturated heterocycles. The van der Waals surface area contributed by atoms with E-state index in [1.54, 1.807) is 25.1 Å². The molecule has 0 spiro atoms. The monoisotopic (exact) mass is 282 g/mol. The highest BCUT2D eigenvalue weighted by Crippen LogP contribution is 2.31. The van der Waals surface area contributed by atoms with Gasteiger partial charge < -0.3 is 14.0 Å². The highest BCUT2D eigenvalue weighted by atomic mass is 35.5. The van der Waals surface area contributed by atoms with E-state index >= 15 is 0 Å². The molecule has 2 aromatic rings. The Balaban J connectivity index is 2.35. The van der Waals surface area contributed by atoms with Crippen LogP contribution in [0.1, 0.15) is 17.5 Å². The lowest BCUT2D eigenvalue weighted by Crippen LogP contribution is -2.06. The first-order valence-corrected chi connectivity index (χ1v) is 5.88. The number of carbonyl (C=O) groups excluding carboxylic acids is 1. The molecule has 100 valence electrons. The molecule has 6 nitrogen and oxygen atoms in total. The number of hydrogen-bond acceptors (Lipinski definition) is 6. The standard InChI is InChI=1S/C12H11ClN2O4/c1-3-18-12(16)10-14-11(19-15-10)8-5-4-7(13)6-9(8)17-2/h4-6H,3H2,1-2H3. The van der Waals surface area contributed by atoms with Crippen molar-refractivity contribution in [2.24, 2.45) is 0 Å². The zero-order valence-electron chi connectivity index (χ0n) is 10.3. The number of nitrogens with zero attached hydrogens (tertiary/aromatic N) is 2. The van der Waals surface area contributed by atoms with Gasteiger partial charge in [-0.2, -0.15) is 4.98 Å². The van der Waals surface area contributed by atoms with Crippen LogP contribution in [0.15, 0.2) is 22.7 Å². The van der Waals surface area contributed by atoms with Crippen LogP contribution >= 0.6 is 11.6 Å². The Morgan fingerprint density at radius 2 is 2.26 bits per heavy atom. The topological polar surface area (TPSA) is 74.5 Å². The fourth-order valence-corrected chi connectivity index (χ4v) is 1.62. The van der Waals surface area contributed by atoms with Gasteiger partial charge in [-0.3, -0.25) is 0 Å². The Morgan fingerprint density at radius 3 is 2.95 bits per heavy atom. The maximum absolute atomic E-state index is 11.4. The van der Waals surface area contributed by atoms with Crippen molar-refractivity contribution in [1.82, 2.24) is 10.1 Å². The van der Waals surface area contributed by atoms with Crippen LogP contribution in [0, 0.1) is 0 Å². The number of benzene rings is 1. The van der Waals surface area contributed by atoms with Crippen molar-refractivity contribution < 1.29 is 18.8 Å². The molecule has 0 aliphatic carbocycles. The number of ether oxygens (including phenoxy) is 2. The molecule has 0 radical (unpaired) electrons. The van der Waals surface area contributed by atoms with Crippen molar-refractivity contribution in [3.63, 3.8) is 0 Å². The van der Waals surface area contributed by atoms with Crippen LogP contribution < -0.4 is 4.74 Å². The van der Waals surface area contributed by atoms with Gasteiger partial charge in [0, 0.05) is 5.02 Å². The minimum absolute atomic E-state index is 0.131. The Bertz CT molecular complexity index is 597. The molecule has 0 bridgehead atoms. The summed E-state index contributed by atoms with van der Waals surface area (Å²) in [4.78, 5) is 15.4. The molecule has 0 saturated carbocycles. The SMILES string of the molecule is CCOC(=O)c1noc(-c2ccc(Cl)cc2OC)n1. The van der Waals surface area contributed by atoms with Gasteiger partial charge in [0.15, 0.2) is 0 Å². The quantitative estimate of drug-likeness (QED) is 0.802. The van der Waals surface area contributed by atoms with E-state index in [0.717, 1.165) is 0 Å². The number of rotatable bonds is 4. The molecular formula is C12H11ClN2O4. The summed E-state index contributed by atoms with van der Waals surface area (Å²) in [5, 5.41) is 4.08. The smallest absolute Gasteiger partial charge is 0.379 e. The summed E-state index contributed by atoms with van der Waals surface area (Å²) in [6, 6.07) is 4.95. The lowest BCUT2D eigenvalue weighted by molar-refractivity contribution is 0.0508. The van der Waals surface area contributed by atoms with Gasteiger partial charge in [-0.1, -0.05) is 11.6 Å². The normalized spacial score (nSPS) is 10.3. The molecule has 1 aromatic carbocycles. The maximum atomic E-state index is 11.4. The predicted octanol–water partition coefficient (Wildman–Crippen LogP) is 2.58. The van der Waals surface area contributed by atoms with Crippen LogP contribution in [0.2, 0.25) is 5.02 Å². The lowest BCUT2D eigenvalue weighted by Gasteiger charge is -2.04. The average Bonchev–Trinajstić information content (AvgIpc) is 2.88. The van der Waals surface area contributed by atoms with E-state index in [0.29, 0.717) is 16.3 Å². The molecule has 0 aliphatic rings. The summed E-state index contributed by atoms with van der Waals surface area (Å²) in [6.45, 7) is 1.94. The Kier molecular flexibility index (Phi) is 4.01. The number of methoxy groups -OCH3 is 1. The molecule has 0 amide bonds. The second-order valence-corrected chi connectivity index (χ2v) is 3.92. The highest BCUT2D eigenvalue weighted by Gasteiger charge is 2.19. The van der Waals surface area contributed by atoms with Gasteiger partial charge in [-0.15, -0.1) is 0 Å². The lowest BCUT2D eigenvalue weighted by atomic mass is 10.2. The molecule has 2 rings (SSSR count). The number of aromatic nitrogens is 2. The Labute approximate surface area is 114 Å². The summed E-state index contributed by atoms with van der Waals surface area (Å²) in [5.74, 6) is -0.123. The highest BCUT2D eigenvalue weighted by molar-refractivity contribution is 6.30. The third kappa shape index (κ3) is 2.85. The van der Waals surface area contributed by atoms with Crippen molar-refractivity contribution >= 4 is 17.6 Å². The third-order valence-electron chi connectivity index (χ3n) is 2.28. The van der Waals surface area contributed by atoms with Crippen molar-refractivity contribution in [2.75, 3.05) is 13.7 Å². The van der Waals surface area contributed by atoms with Gasteiger partial charge in [0.2, 0.25) is 0 Å². The van der Waals surface area contributed by atoms with Gasteiger partial charge in [0.25, 0.3) is 11.7 Å². The van der Waals surface area contributed by atoms with Crippen molar-refractivity contribution in [2.45, 2.75) is 6.92 Å². The summed E-state index contributed by atoms with van der Waals surface area (Å²) in [5.41, 5.74) is 0.551. The molecule has 19 heavy (non-hydrogen) atoms. The first-order chi connectivity index (χ1) is 9.15. The molecule has 1 heterocycles. The summed E-state index contributed by atoms with van der Waals surface area (Å²) in [6.07, 6.45) is 0. The van der Waals surface area contributed by atoms with E-state index in [9.17, 15) is 4.79 Å². The molecule has 0 aliphatic heterocycles. The van der Waals surface area contributed by atoms with Crippen LogP contribution in [-0.4, -0.2) is 29.8 Å². The minimum Gasteiger partial charge on any atom is -0.496 e. The minimum atomic E-state index is -0.634. The summed E-state index contributed by atoms with van der Waals surface area (Å²) >= 11 is 5.86. The van der Waals surface area contributed by atoms with E-state index in [-0.39, 0.29) is 18.3 Å². The van der Waals surface area contributed by atoms with E-state index < -0.39 is 5.97 Å². The molecule has 0 unspecified atom stereocenters. The van der Waals surface area contributed by atoms with Gasteiger partial charge >= 0.3 is 5.97 Å². The van der Waals surface area contributed by atoms with Crippen LogP contribution in [0.4, 0.5) is 0 Å². The second kappa shape index (κ2) is 5.71. The van der Waals surface area contributed by atoms with Crippen LogP contribution in [0.25, 0.3) is 11.5 Å². The van der Waals surface area contributed by atoms with Gasteiger partial charge in [0.05, 0.1) is 19.3 Å².